The number of anilines is 2. The largest absolute Gasteiger partial charge is 0.334 e. The smallest absolute Gasteiger partial charge is 0.134 e. The van der Waals surface area contributed by atoms with Crippen molar-refractivity contribution in [3.05, 3.63) is 72.2 Å². The molecule has 28 heavy (non-hydrogen) atoms. The summed E-state index contributed by atoms with van der Waals surface area (Å²) in [4.78, 5) is 11.1. The monoisotopic (exact) mass is 367 g/mol. The van der Waals surface area contributed by atoms with Gasteiger partial charge in [-0.05, 0) is 47.4 Å². The molecule has 0 spiro atoms. The number of rotatable bonds is 4. The van der Waals surface area contributed by atoms with Gasteiger partial charge in [0.25, 0.3) is 0 Å². The summed E-state index contributed by atoms with van der Waals surface area (Å²) >= 11 is 0. The third-order valence-corrected chi connectivity index (χ3v) is 5.11. The minimum absolute atomic E-state index is 0.674. The van der Waals surface area contributed by atoms with Gasteiger partial charge in [-0.2, -0.15) is 5.26 Å². The van der Waals surface area contributed by atoms with Gasteiger partial charge in [-0.15, -0.1) is 0 Å². The van der Waals surface area contributed by atoms with Gasteiger partial charge >= 0.3 is 0 Å². The number of aryl methyl sites for hydroxylation is 2. The Morgan fingerprint density at radius 1 is 1.04 bits per heavy atom. The molecule has 0 saturated carbocycles. The molecule has 4 aromatic rings. The first-order valence-corrected chi connectivity index (χ1v) is 9.25. The van der Waals surface area contributed by atoms with Crippen molar-refractivity contribution in [3.8, 4) is 17.2 Å². The Morgan fingerprint density at radius 3 is 2.50 bits per heavy atom. The minimum atomic E-state index is 0.674. The molecule has 0 N–H and O–H groups in total. The van der Waals surface area contributed by atoms with Crippen molar-refractivity contribution in [2.24, 2.45) is 7.05 Å². The summed E-state index contributed by atoms with van der Waals surface area (Å²) in [7, 11) is 4.03. The van der Waals surface area contributed by atoms with Crippen molar-refractivity contribution in [3.63, 3.8) is 0 Å². The number of pyridine rings is 1. The summed E-state index contributed by atoms with van der Waals surface area (Å²) < 4.78 is 2.00. The highest BCUT2D eigenvalue weighted by Gasteiger charge is 2.13. The van der Waals surface area contributed by atoms with Crippen molar-refractivity contribution < 1.29 is 0 Å². The Balaban J connectivity index is 1.71. The lowest BCUT2D eigenvalue weighted by Gasteiger charge is -2.22. The average Bonchev–Trinajstić information content (AvgIpc) is 3.13. The molecule has 5 nitrogen and oxygen atoms in total. The molecule has 0 bridgehead atoms. The number of nitrogens with zero attached hydrogens (tertiary/aromatic N) is 5. The number of hydrogen-bond acceptors (Lipinski definition) is 4. The van der Waals surface area contributed by atoms with E-state index in [9.17, 15) is 0 Å². The van der Waals surface area contributed by atoms with Crippen LogP contribution in [0.15, 0.2) is 61.1 Å². The fourth-order valence-electron chi connectivity index (χ4n) is 3.44. The number of nitriles is 1. The Morgan fingerprint density at radius 2 is 1.79 bits per heavy atom. The molecular formula is C23H21N5. The molecule has 0 aliphatic carbocycles. The summed E-state index contributed by atoms with van der Waals surface area (Å²) in [5, 5.41) is 8.99. The lowest BCUT2D eigenvalue weighted by molar-refractivity contribution is 0.946. The van der Waals surface area contributed by atoms with Crippen molar-refractivity contribution in [1.82, 2.24) is 14.5 Å². The van der Waals surface area contributed by atoms with Gasteiger partial charge < -0.3 is 9.47 Å². The van der Waals surface area contributed by atoms with E-state index < -0.39 is 0 Å². The highest BCUT2D eigenvalue weighted by Crippen LogP contribution is 2.31. The van der Waals surface area contributed by atoms with Crippen molar-refractivity contribution >= 4 is 22.5 Å². The summed E-state index contributed by atoms with van der Waals surface area (Å²) in [6.07, 6.45) is 4.54. The van der Waals surface area contributed by atoms with Crippen LogP contribution >= 0.6 is 0 Å². The van der Waals surface area contributed by atoms with E-state index in [1.807, 2.05) is 49.1 Å². The number of imidazole rings is 1. The molecule has 138 valence electrons. The van der Waals surface area contributed by atoms with E-state index in [1.54, 1.807) is 6.33 Å². The molecule has 0 atom stereocenters. The second-order valence-electron chi connectivity index (χ2n) is 6.83. The summed E-state index contributed by atoms with van der Waals surface area (Å²) in [5.74, 6) is 0.886. The fraction of sp³-hybridized carbons (Fsp3) is 0.174. The zero-order chi connectivity index (χ0) is 19.7. The Labute approximate surface area is 164 Å². The zero-order valence-corrected chi connectivity index (χ0v) is 16.2. The standard InChI is InChI=1S/C23H21N5/c1-4-17-11-19(18-7-5-16(13-24)6-8-18)9-10-21(17)28(3)23-12-22-20(14-25-23)26-15-27(22)2/h5-12,14-15H,4H2,1-3H3. The summed E-state index contributed by atoms with van der Waals surface area (Å²) in [5.41, 5.74) is 7.26. The second-order valence-corrected chi connectivity index (χ2v) is 6.83. The van der Waals surface area contributed by atoms with Crippen LogP contribution in [0.3, 0.4) is 0 Å². The van der Waals surface area contributed by atoms with Crippen LogP contribution in [0, 0.1) is 11.3 Å². The highest BCUT2D eigenvalue weighted by molar-refractivity contribution is 5.80. The van der Waals surface area contributed by atoms with Gasteiger partial charge in [0.2, 0.25) is 0 Å². The maximum absolute atomic E-state index is 8.99. The van der Waals surface area contributed by atoms with Crippen LogP contribution in [-0.4, -0.2) is 21.6 Å². The maximum atomic E-state index is 8.99. The summed E-state index contributed by atoms with van der Waals surface area (Å²) in [6, 6.07) is 18.4. The van der Waals surface area contributed by atoms with E-state index in [0.717, 1.165) is 40.1 Å². The van der Waals surface area contributed by atoms with Crippen LogP contribution in [0.1, 0.15) is 18.1 Å². The SMILES string of the molecule is CCc1cc(-c2ccc(C#N)cc2)ccc1N(C)c1cc2c(cn1)ncn2C. The molecule has 0 amide bonds. The highest BCUT2D eigenvalue weighted by atomic mass is 15.2. The maximum Gasteiger partial charge on any atom is 0.134 e. The lowest BCUT2D eigenvalue weighted by Crippen LogP contribution is -2.13. The van der Waals surface area contributed by atoms with Crippen LogP contribution in [0.2, 0.25) is 0 Å². The van der Waals surface area contributed by atoms with Crippen LogP contribution < -0.4 is 4.90 Å². The van der Waals surface area contributed by atoms with Gasteiger partial charge in [0.1, 0.15) is 11.3 Å². The predicted molar refractivity (Wildman–Crippen MR) is 113 cm³/mol. The molecule has 2 heterocycles. The van der Waals surface area contributed by atoms with E-state index in [-0.39, 0.29) is 0 Å². The fourth-order valence-corrected chi connectivity index (χ4v) is 3.44. The lowest BCUT2D eigenvalue weighted by atomic mass is 9.99. The third-order valence-electron chi connectivity index (χ3n) is 5.11. The number of fused-ring (bicyclic) bond motifs is 1. The van der Waals surface area contributed by atoms with Crippen molar-refractivity contribution in [1.29, 1.82) is 5.26 Å². The Kier molecular flexibility index (Phi) is 4.54. The normalized spacial score (nSPS) is 10.8. The van der Waals surface area contributed by atoms with Crippen molar-refractivity contribution in [2.75, 3.05) is 11.9 Å². The van der Waals surface area contributed by atoms with E-state index in [2.05, 4.69) is 52.1 Å². The minimum Gasteiger partial charge on any atom is -0.334 e. The topological polar surface area (TPSA) is 57.7 Å². The molecular weight excluding hydrogens is 346 g/mol. The van der Waals surface area contributed by atoms with Gasteiger partial charge in [0.15, 0.2) is 0 Å². The van der Waals surface area contributed by atoms with Gasteiger partial charge in [-0.3, -0.25) is 0 Å². The zero-order valence-electron chi connectivity index (χ0n) is 16.2. The van der Waals surface area contributed by atoms with E-state index >= 15 is 0 Å². The van der Waals surface area contributed by atoms with Crippen molar-refractivity contribution in [2.45, 2.75) is 13.3 Å². The van der Waals surface area contributed by atoms with E-state index in [1.165, 1.54) is 5.56 Å². The molecule has 0 saturated heterocycles. The molecule has 0 aliphatic heterocycles. The first-order chi connectivity index (χ1) is 13.6. The van der Waals surface area contributed by atoms with Gasteiger partial charge in [0.05, 0.1) is 29.7 Å². The molecule has 0 fully saturated rings. The molecule has 4 rings (SSSR count). The number of hydrogen-bond donors (Lipinski definition) is 0. The first-order valence-electron chi connectivity index (χ1n) is 9.25. The Bertz CT molecular complexity index is 1180. The van der Waals surface area contributed by atoms with Gasteiger partial charge in [0, 0.05) is 25.8 Å². The van der Waals surface area contributed by atoms with Gasteiger partial charge in [-0.25, -0.2) is 9.97 Å². The molecule has 2 aromatic carbocycles. The van der Waals surface area contributed by atoms with Crippen LogP contribution in [-0.2, 0) is 13.5 Å². The second kappa shape index (κ2) is 7.16. The van der Waals surface area contributed by atoms with E-state index in [0.29, 0.717) is 5.56 Å². The Hall–Kier alpha value is -3.65. The molecule has 0 radical (unpaired) electrons. The molecule has 0 aliphatic rings. The predicted octanol–water partition coefficient (Wildman–Crippen LogP) is 4.84. The van der Waals surface area contributed by atoms with Crippen LogP contribution in [0.25, 0.3) is 22.2 Å². The average molecular weight is 367 g/mol. The van der Waals surface area contributed by atoms with Crippen LogP contribution in [0.4, 0.5) is 11.5 Å². The van der Waals surface area contributed by atoms with E-state index in [4.69, 9.17) is 5.26 Å². The first kappa shape index (κ1) is 17.7. The molecule has 5 heteroatoms. The van der Waals surface area contributed by atoms with Gasteiger partial charge in [-0.1, -0.05) is 25.1 Å². The number of benzene rings is 2. The van der Waals surface area contributed by atoms with Crippen LogP contribution in [0.5, 0.6) is 0 Å². The molecule has 2 aromatic heterocycles. The quantitative estimate of drug-likeness (QED) is 0.518. The number of aromatic nitrogens is 3. The molecule has 0 unspecified atom stereocenters. The summed E-state index contributed by atoms with van der Waals surface area (Å²) in [6.45, 7) is 2.16. The third kappa shape index (κ3) is 3.10.